The van der Waals surface area contributed by atoms with Gasteiger partial charge < -0.3 is 4.57 Å². The number of Topliss-reactive ketones (excluding diaryl/α,β-unsaturated/α-hetero) is 1. The van der Waals surface area contributed by atoms with Gasteiger partial charge in [-0.15, -0.1) is 0 Å². The Bertz CT molecular complexity index is 522. The smallest absolute Gasteiger partial charge is 0.163 e. The average Bonchev–Trinajstić information content (AvgIpc) is 2.30. The molecule has 0 spiro atoms. The van der Waals surface area contributed by atoms with Crippen molar-refractivity contribution < 1.29 is 4.79 Å². The Morgan fingerprint density at radius 1 is 1.50 bits per heavy atom. The SMILES string of the molecule is CCC=C(N=c1c(C(C)=O)cccn1C)C(C)C. The number of aromatic nitrogens is 1. The molecule has 0 aromatic carbocycles. The summed E-state index contributed by atoms with van der Waals surface area (Å²) in [5.41, 5.74) is 2.43. The minimum atomic E-state index is 0.0459. The lowest BCUT2D eigenvalue weighted by Gasteiger charge is -2.08. The number of carbonyl (C=O) groups excluding carboxylic acids is 1. The molecule has 3 heteroatoms. The highest BCUT2D eigenvalue weighted by atomic mass is 16.1. The summed E-state index contributed by atoms with van der Waals surface area (Å²) in [5.74, 6) is 0.398. The molecule has 1 aromatic rings. The first kappa shape index (κ1) is 14.4. The van der Waals surface area contributed by atoms with E-state index in [2.05, 4.69) is 31.8 Å². The van der Waals surface area contributed by atoms with Crippen molar-refractivity contribution in [2.45, 2.75) is 34.1 Å². The van der Waals surface area contributed by atoms with E-state index in [1.807, 2.05) is 29.9 Å². The van der Waals surface area contributed by atoms with Gasteiger partial charge in [0, 0.05) is 18.9 Å². The van der Waals surface area contributed by atoms with Gasteiger partial charge in [-0.2, -0.15) is 0 Å². The number of hydrogen-bond donors (Lipinski definition) is 0. The van der Waals surface area contributed by atoms with Crippen LogP contribution in [0.15, 0.2) is 35.1 Å². The molecule has 1 aromatic heterocycles. The Morgan fingerprint density at radius 3 is 2.67 bits per heavy atom. The van der Waals surface area contributed by atoms with Crippen molar-refractivity contribution in [3.8, 4) is 0 Å². The molecule has 0 aliphatic heterocycles. The van der Waals surface area contributed by atoms with Gasteiger partial charge in [-0.1, -0.05) is 26.8 Å². The number of rotatable bonds is 4. The summed E-state index contributed by atoms with van der Waals surface area (Å²) in [4.78, 5) is 16.3. The number of carbonyl (C=O) groups is 1. The van der Waals surface area contributed by atoms with Crippen LogP contribution in [0.3, 0.4) is 0 Å². The number of allylic oxidation sites excluding steroid dienone is 2. The van der Waals surface area contributed by atoms with E-state index in [9.17, 15) is 4.79 Å². The van der Waals surface area contributed by atoms with Crippen LogP contribution >= 0.6 is 0 Å². The van der Waals surface area contributed by atoms with Gasteiger partial charge in [0.1, 0.15) is 5.49 Å². The molecule has 0 saturated carbocycles. The van der Waals surface area contributed by atoms with Crippen LogP contribution in [-0.4, -0.2) is 10.4 Å². The third-order valence-corrected chi connectivity index (χ3v) is 2.77. The predicted octanol–water partition coefficient (Wildman–Crippen LogP) is 3.08. The maximum absolute atomic E-state index is 11.6. The van der Waals surface area contributed by atoms with E-state index < -0.39 is 0 Å². The molecule has 1 rings (SSSR count). The summed E-state index contributed by atoms with van der Waals surface area (Å²) < 4.78 is 1.89. The van der Waals surface area contributed by atoms with Crippen LogP contribution in [0.2, 0.25) is 0 Å². The van der Waals surface area contributed by atoms with Crippen LogP contribution < -0.4 is 5.49 Å². The van der Waals surface area contributed by atoms with Crippen molar-refractivity contribution in [2.75, 3.05) is 0 Å². The zero-order valence-electron chi connectivity index (χ0n) is 11.9. The molecule has 0 N–H and O–H groups in total. The number of pyridine rings is 1. The van der Waals surface area contributed by atoms with Crippen molar-refractivity contribution in [3.63, 3.8) is 0 Å². The molecule has 0 fully saturated rings. The summed E-state index contributed by atoms with van der Waals surface area (Å²) in [7, 11) is 1.91. The van der Waals surface area contributed by atoms with Gasteiger partial charge in [-0.3, -0.25) is 4.79 Å². The largest absolute Gasteiger partial charge is 0.335 e. The monoisotopic (exact) mass is 246 g/mol. The van der Waals surface area contributed by atoms with Gasteiger partial charge in [0.25, 0.3) is 0 Å². The molecule has 0 bridgehead atoms. The van der Waals surface area contributed by atoms with Crippen molar-refractivity contribution in [1.29, 1.82) is 0 Å². The third kappa shape index (κ3) is 3.42. The fraction of sp³-hybridized carbons (Fsp3) is 0.467. The van der Waals surface area contributed by atoms with Gasteiger partial charge in [0.05, 0.1) is 5.56 Å². The van der Waals surface area contributed by atoms with E-state index in [1.165, 1.54) is 0 Å². The summed E-state index contributed by atoms with van der Waals surface area (Å²) in [6.07, 6.45) is 4.97. The summed E-state index contributed by atoms with van der Waals surface area (Å²) in [6, 6.07) is 3.69. The second-order valence-corrected chi connectivity index (χ2v) is 4.72. The standard InChI is InChI=1S/C15H22N2O/c1-6-8-14(11(2)3)16-15-13(12(4)18)9-7-10-17(15)5/h7-11H,6H2,1-5H3. The number of nitrogens with zero attached hydrogens (tertiary/aromatic N) is 2. The molecule has 0 radical (unpaired) electrons. The highest BCUT2D eigenvalue weighted by Crippen LogP contribution is 2.11. The van der Waals surface area contributed by atoms with Gasteiger partial charge in [0.2, 0.25) is 0 Å². The predicted molar refractivity (Wildman–Crippen MR) is 74.2 cm³/mol. The average molecular weight is 246 g/mol. The van der Waals surface area contributed by atoms with Gasteiger partial charge in [-0.25, -0.2) is 4.99 Å². The minimum Gasteiger partial charge on any atom is -0.335 e. The van der Waals surface area contributed by atoms with E-state index in [4.69, 9.17) is 0 Å². The maximum Gasteiger partial charge on any atom is 0.163 e. The van der Waals surface area contributed by atoms with E-state index in [-0.39, 0.29) is 5.78 Å². The number of hydrogen-bond acceptors (Lipinski definition) is 2. The number of ketones is 1. The molecule has 1 heterocycles. The molecule has 98 valence electrons. The fourth-order valence-corrected chi connectivity index (χ4v) is 1.76. The molecule has 18 heavy (non-hydrogen) atoms. The Morgan fingerprint density at radius 2 is 2.17 bits per heavy atom. The molecule has 3 nitrogen and oxygen atoms in total. The van der Waals surface area contributed by atoms with E-state index in [1.54, 1.807) is 6.92 Å². The Hall–Kier alpha value is -1.64. The van der Waals surface area contributed by atoms with E-state index in [0.29, 0.717) is 11.5 Å². The van der Waals surface area contributed by atoms with Gasteiger partial charge in [-0.05, 0) is 31.4 Å². The second-order valence-electron chi connectivity index (χ2n) is 4.72. The molecule has 0 aliphatic rings. The topological polar surface area (TPSA) is 34.4 Å². The van der Waals surface area contributed by atoms with E-state index in [0.717, 1.165) is 17.6 Å². The van der Waals surface area contributed by atoms with Crippen molar-refractivity contribution in [1.82, 2.24) is 4.57 Å². The van der Waals surface area contributed by atoms with E-state index >= 15 is 0 Å². The second kappa shape index (κ2) is 6.34. The van der Waals surface area contributed by atoms with Crippen LogP contribution in [0.5, 0.6) is 0 Å². The lowest BCUT2D eigenvalue weighted by molar-refractivity contribution is 0.101. The van der Waals surface area contributed by atoms with Crippen LogP contribution in [0.25, 0.3) is 0 Å². The third-order valence-electron chi connectivity index (χ3n) is 2.77. The van der Waals surface area contributed by atoms with Gasteiger partial charge in [0.15, 0.2) is 5.78 Å². The van der Waals surface area contributed by atoms with Crippen LogP contribution in [0.1, 0.15) is 44.5 Å². The molecule has 0 atom stereocenters. The first-order valence-electron chi connectivity index (χ1n) is 6.38. The van der Waals surface area contributed by atoms with Crippen LogP contribution in [0.4, 0.5) is 0 Å². The lowest BCUT2D eigenvalue weighted by atomic mass is 10.1. The van der Waals surface area contributed by atoms with Crippen molar-refractivity contribution in [3.05, 3.63) is 41.2 Å². The first-order chi connectivity index (χ1) is 8.47. The number of aryl methyl sites for hydroxylation is 1. The van der Waals surface area contributed by atoms with Crippen LogP contribution in [-0.2, 0) is 7.05 Å². The zero-order chi connectivity index (χ0) is 13.7. The normalized spacial score (nSPS) is 13.2. The zero-order valence-corrected chi connectivity index (χ0v) is 11.9. The minimum absolute atomic E-state index is 0.0459. The quantitative estimate of drug-likeness (QED) is 0.752. The van der Waals surface area contributed by atoms with Crippen LogP contribution in [0, 0.1) is 5.92 Å². The summed E-state index contributed by atoms with van der Waals surface area (Å²) in [6.45, 7) is 7.89. The molecular formula is C15H22N2O. The maximum atomic E-state index is 11.6. The summed E-state index contributed by atoms with van der Waals surface area (Å²) in [5, 5.41) is 0. The van der Waals surface area contributed by atoms with Gasteiger partial charge >= 0.3 is 0 Å². The lowest BCUT2D eigenvalue weighted by Crippen LogP contribution is -2.24. The first-order valence-corrected chi connectivity index (χ1v) is 6.38. The summed E-state index contributed by atoms with van der Waals surface area (Å²) >= 11 is 0. The van der Waals surface area contributed by atoms with Crippen molar-refractivity contribution >= 4 is 5.78 Å². The Kier molecular flexibility index (Phi) is 5.08. The fourth-order valence-electron chi connectivity index (χ4n) is 1.76. The Labute approximate surface area is 109 Å². The highest BCUT2D eigenvalue weighted by molar-refractivity contribution is 5.93. The Balaban J connectivity index is 3.48. The molecule has 0 unspecified atom stereocenters. The van der Waals surface area contributed by atoms with Crippen molar-refractivity contribution in [2.24, 2.45) is 18.0 Å². The molecule has 0 amide bonds. The molecular weight excluding hydrogens is 224 g/mol. The molecule has 0 aliphatic carbocycles. The molecule has 0 saturated heterocycles. The highest BCUT2D eigenvalue weighted by Gasteiger charge is 2.06.